The van der Waals surface area contributed by atoms with Crippen LogP contribution in [0.2, 0.25) is 5.15 Å². The molecule has 0 amide bonds. The number of nitrogens with one attached hydrogen (secondary N) is 1. The Kier molecular flexibility index (Phi) is 2.92. The second-order valence-corrected chi connectivity index (χ2v) is 4.13. The fourth-order valence-electron chi connectivity index (χ4n) is 1.62. The highest BCUT2D eigenvalue weighted by atomic mass is 35.5. The molecule has 0 atom stereocenters. The van der Waals surface area contributed by atoms with Gasteiger partial charge in [0.1, 0.15) is 22.8 Å². The molecular formula is C12H7ClFN5. The van der Waals surface area contributed by atoms with Gasteiger partial charge in [-0.15, -0.1) is 0 Å². The van der Waals surface area contributed by atoms with Crippen LogP contribution in [-0.2, 0) is 0 Å². The molecule has 0 unspecified atom stereocenters. The first kappa shape index (κ1) is 11.7. The number of rotatable bonds is 2. The Hall–Kier alpha value is -2.34. The fourth-order valence-corrected chi connectivity index (χ4v) is 1.77. The van der Waals surface area contributed by atoms with Gasteiger partial charge in [-0.1, -0.05) is 11.6 Å². The van der Waals surface area contributed by atoms with Crippen molar-refractivity contribution in [3.8, 4) is 0 Å². The summed E-state index contributed by atoms with van der Waals surface area (Å²) in [5.41, 5.74) is 1.63. The lowest BCUT2D eigenvalue weighted by Crippen LogP contribution is -1.98. The van der Waals surface area contributed by atoms with Crippen molar-refractivity contribution in [2.45, 2.75) is 0 Å². The standard InChI is InChI=1S/C12H7ClFN5/c13-10-2-1-9-11(19-10)12(17-6-16-9)18-8-3-7(14)4-15-5-8/h1-6H,(H,16,17,18). The average Bonchev–Trinajstić information content (AvgIpc) is 2.39. The molecule has 0 aliphatic rings. The Bertz CT molecular complexity index is 749. The highest BCUT2D eigenvalue weighted by molar-refractivity contribution is 6.29. The Balaban J connectivity index is 2.07. The summed E-state index contributed by atoms with van der Waals surface area (Å²) < 4.78 is 13.1. The minimum atomic E-state index is -0.436. The molecule has 0 radical (unpaired) electrons. The smallest absolute Gasteiger partial charge is 0.160 e. The molecule has 19 heavy (non-hydrogen) atoms. The number of aromatic nitrogens is 4. The van der Waals surface area contributed by atoms with E-state index in [9.17, 15) is 4.39 Å². The molecule has 3 aromatic heterocycles. The largest absolute Gasteiger partial charge is 0.337 e. The molecule has 7 heteroatoms. The number of pyridine rings is 2. The zero-order valence-corrected chi connectivity index (χ0v) is 10.3. The quantitative estimate of drug-likeness (QED) is 0.729. The number of halogens is 2. The van der Waals surface area contributed by atoms with E-state index in [0.717, 1.165) is 6.20 Å². The summed E-state index contributed by atoms with van der Waals surface area (Å²) in [6.07, 6.45) is 4.01. The van der Waals surface area contributed by atoms with Gasteiger partial charge in [0.2, 0.25) is 0 Å². The summed E-state index contributed by atoms with van der Waals surface area (Å²) in [6.45, 7) is 0. The zero-order chi connectivity index (χ0) is 13.2. The summed E-state index contributed by atoms with van der Waals surface area (Å²) >= 11 is 5.85. The number of anilines is 2. The Morgan fingerprint density at radius 1 is 1.16 bits per heavy atom. The molecule has 0 aliphatic heterocycles. The van der Waals surface area contributed by atoms with Crippen LogP contribution >= 0.6 is 11.6 Å². The lowest BCUT2D eigenvalue weighted by molar-refractivity contribution is 0.622. The zero-order valence-electron chi connectivity index (χ0n) is 9.51. The summed E-state index contributed by atoms with van der Waals surface area (Å²) in [5.74, 6) is 0.00857. The second-order valence-electron chi connectivity index (χ2n) is 3.74. The predicted octanol–water partition coefficient (Wildman–Crippen LogP) is 2.96. The summed E-state index contributed by atoms with van der Waals surface area (Å²) in [7, 11) is 0. The van der Waals surface area contributed by atoms with E-state index in [1.807, 2.05) is 0 Å². The van der Waals surface area contributed by atoms with E-state index in [4.69, 9.17) is 11.6 Å². The number of hydrogen-bond donors (Lipinski definition) is 1. The molecule has 3 heterocycles. The lowest BCUT2D eigenvalue weighted by Gasteiger charge is -2.07. The van der Waals surface area contributed by atoms with Crippen LogP contribution in [0.3, 0.4) is 0 Å². The van der Waals surface area contributed by atoms with Gasteiger partial charge < -0.3 is 5.32 Å². The minimum absolute atomic E-state index is 0.336. The van der Waals surface area contributed by atoms with Crippen molar-refractivity contribution in [3.05, 3.63) is 47.9 Å². The van der Waals surface area contributed by atoms with Crippen LogP contribution in [0, 0.1) is 5.82 Å². The topological polar surface area (TPSA) is 63.6 Å². The molecule has 0 fully saturated rings. The van der Waals surface area contributed by atoms with Crippen molar-refractivity contribution < 1.29 is 4.39 Å². The van der Waals surface area contributed by atoms with Gasteiger partial charge in [0.25, 0.3) is 0 Å². The predicted molar refractivity (Wildman–Crippen MR) is 69.8 cm³/mol. The second kappa shape index (κ2) is 4.74. The van der Waals surface area contributed by atoms with E-state index in [2.05, 4.69) is 25.3 Å². The van der Waals surface area contributed by atoms with Crippen LogP contribution in [-0.4, -0.2) is 19.9 Å². The summed E-state index contributed by atoms with van der Waals surface area (Å²) in [6, 6.07) is 4.69. The lowest BCUT2D eigenvalue weighted by atomic mass is 10.3. The van der Waals surface area contributed by atoms with Gasteiger partial charge in [0.15, 0.2) is 5.82 Å². The van der Waals surface area contributed by atoms with E-state index in [0.29, 0.717) is 27.7 Å². The Morgan fingerprint density at radius 2 is 2.05 bits per heavy atom. The van der Waals surface area contributed by atoms with Crippen molar-refractivity contribution in [1.29, 1.82) is 0 Å². The fraction of sp³-hybridized carbons (Fsp3) is 0. The van der Waals surface area contributed by atoms with Crippen LogP contribution in [0.25, 0.3) is 11.0 Å². The summed E-state index contributed by atoms with van der Waals surface area (Å²) in [5, 5.41) is 3.28. The molecule has 0 saturated carbocycles. The minimum Gasteiger partial charge on any atom is -0.337 e. The van der Waals surface area contributed by atoms with Gasteiger partial charge in [-0.25, -0.2) is 19.3 Å². The molecule has 0 spiro atoms. The van der Waals surface area contributed by atoms with Gasteiger partial charge >= 0.3 is 0 Å². The third-order valence-electron chi connectivity index (χ3n) is 2.42. The van der Waals surface area contributed by atoms with Gasteiger partial charge in [-0.2, -0.15) is 0 Å². The molecule has 94 valence electrons. The molecule has 0 saturated heterocycles. The van der Waals surface area contributed by atoms with Crippen molar-refractivity contribution in [3.63, 3.8) is 0 Å². The van der Waals surface area contributed by atoms with E-state index in [-0.39, 0.29) is 0 Å². The molecular weight excluding hydrogens is 269 g/mol. The highest BCUT2D eigenvalue weighted by Gasteiger charge is 2.07. The summed E-state index contributed by atoms with van der Waals surface area (Å²) in [4.78, 5) is 16.1. The van der Waals surface area contributed by atoms with E-state index < -0.39 is 5.82 Å². The third kappa shape index (κ3) is 2.43. The molecule has 0 aromatic carbocycles. The van der Waals surface area contributed by atoms with Crippen molar-refractivity contribution >= 4 is 34.1 Å². The molecule has 0 bridgehead atoms. The van der Waals surface area contributed by atoms with Gasteiger partial charge in [-0.05, 0) is 12.1 Å². The Morgan fingerprint density at radius 3 is 2.89 bits per heavy atom. The van der Waals surface area contributed by atoms with Crippen LogP contribution in [0.5, 0.6) is 0 Å². The maximum absolute atomic E-state index is 13.1. The van der Waals surface area contributed by atoms with Crippen LogP contribution < -0.4 is 5.32 Å². The number of fused-ring (bicyclic) bond motifs is 1. The van der Waals surface area contributed by atoms with Crippen molar-refractivity contribution in [2.24, 2.45) is 0 Å². The maximum Gasteiger partial charge on any atom is 0.160 e. The van der Waals surface area contributed by atoms with Gasteiger partial charge in [0.05, 0.1) is 23.6 Å². The highest BCUT2D eigenvalue weighted by Crippen LogP contribution is 2.22. The first-order valence-corrected chi connectivity index (χ1v) is 5.75. The van der Waals surface area contributed by atoms with E-state index in [1.165, 1.54) is 18.6 Å². The normalized spacial score (nSPS) is 10.6. The SMILES string of the molecule is Fc1cncc(Nc2ncnc3ccc(Cl)nc23)c1. The van der Waals surface area contributed by atoms with Crippen molar-refractivity contribution in [2.75, 3.05) is 5.32 Å². The van der Waals surface area contributed by atoms with Crippen LogP contribution in [0.1, 0.15) is 0 Å². The molecule has 5 nitrogen and oxygen atoms in total. The Labute approximate surface area is 112 Å². The van der Waals surface area contributed by atoms with E-state index in [1.54, 1.807) is 12.1 Å². The average molecular weight is 276 g/mol. The molecule has 3 aromatic rings. The van der Waals surface area contributed by atoms with Gasteiger partial charge in [-0.3, -0.25) is 4.98 Å². The van der Waals surface area contributed by atoms with Gasteiger partial charge in [0, 0.05) is 6.07 Å². The van der Waals surface area contributed by atoms with Crippen LogP contribution in [0.4, 0.5) is 15.9 Å². The molecule has 0 aliphatic carbocycles. The number of hydrogen-bond acceptors (Lipinski definition) is 5. The maximum atomic E-state index is 13.1. The first-order chi connectivity index (χ1) is 9.22. The molecule has 3 rings (SSSR count). The first-order valence-electron chi connectivity index (χ1n) is 5.37. The number of nitrogens with zero attached hydrogens (tertiary/aromatic N) is 4. The van der Waals surface area contributed by atoms with E-state index >= 15 is 0 Å². The molecule has 1 N–H and O–H groups in total. The third-order valence-corrected chi connectivity index (χ3v) is 2.63. The monoisotopic (exact) mass is 275 g/mol. The van der Waals surface area contributed by atoms with Crippen LogP contribution in [0.15, 0.2) is 36.9 Å². The van der Waals surface area contributed by atoms with Crippen molar-refractivity contribution in [1.82, 2.24) is 19.9 Å².